The number of nitrogens with one attached hydrogen (secondary N) is 1. The van der Waals surface area contributed by atoms with Crippen LogP contribution in [0.5, 0.6) is 0 Å². The van der Waals surface area contributed by atoms with Gasteiger partial charge in [-0.15, -0.1) is 11.8 Å². The van der Waals surface area contributed by atoms with E-state index in [1.807, 2.05) is 13.8 Å². The van der Waals surface area contributed by atoms with Gasteiger partial charge in [0.05, 0.1) is 5.37 Å². The third-order valence-corrected chi connectivity index (χ3v) is 6.11. The first-order chi connectivity index (χ1) is 9.84. The van der Waals surface area contributed by atoms with Gasteiger partial charge in [0.25, 0.3) is 0 Å². The molecule has 2 rings (SSSR count). The van der Waals surface area contributed by atoms with Crippen LogP contribution in [0.25, 0.3) is 0 Å². The number of carboxylic acid groups (broad SMARTS) is 1. The molecular formula is C15H26N2O3S. The molecule has 120 valence electrons. The summed E-state index contributed by atoms with van der Waals surface area (Å²) in [6.07, 6.45) is 5.42. The molecule has 2 amide bonds. The SMILES string of the molecule is CC(C)C1SCC(C(=O)O)N1C(=O)NC1(C)CCCCC1. The average Bonchev–Trinajstić information content (AvgIpc) is 2.84. The summed E-state index contributed by atoms with van der Waals surface area (Å²) in [4.78, 5) is 25.7. The minimum absolute atomic E-state index is 0.0571. The van der Waals surface area contributed by atoms with Crippen molar-refractivity contribution in [3.05, 3.63) is 0 Å². The van der Waals surface area contributed by atoms with Crippen LogP contribution in [-0.2, 0) is 4.79 Å². The molecule has 21 heavy (non-hydrogen) atoms. The monoisotopic (exact) mass is 314 g/mol. The van der Waals surface area contributed by atoms with Gasteiger partial charge in [-0.05, 0) is 25.7 Å². The summed E-state index contributed by atoms with van der Waals surface area (Å²) in [5.74, 6) is -0.193. The van der Waals surface area contributed by atoms with E-state index in [9.17, 15) is 14.7 Å². The zero-order chi connectivity index (χ0) is 15.6. The standard InChI is InChI=1S/C15H26N2O3S/c1-10(2)12-17(11(9-21-12)13(18)19)14(20)16-15(3)7-5-4-6-8-15/h10-12H,4-9H2,1-3H3,(H,16,20)(H,18,19). The first-order valence-corrected chi connectivity index (χ1v) is 8.84. The molecule has 0 radical (unpaired) electrons. The van der Waals surface area contributed by atoms with Crippen LogP contribution in [0, 0.1) is 5.92 Å². The van der Waals surface area contributed by atoms with E-state index < -0.39 is 12.0 Å². The molecule has 2 N–H and O–H groups in total. The molecule has 2 fully saturated rings. The van der Waals surface area contributed by atoms with Crippen molar-refractivity contribution in [2.45, 2.75) is 69.8 Å². The van der Waals surface area contributed by atoms with Crippen LogP contribution < -0.4 is 5.32 Å². The van der Waals surface area contributed by atoms with E-state index in [1.54, 1.807) is 16.7 Å². The fourth-order valence-electron chi connectivity index (χ4n) is 3.27. The first-order valence-electron chi connectivity index (χ1n) is 7.79. The Kier molecular flexibility index (Phi) is 5.07. The van der Waals surface area contributed by atoms with E-state index in [2.05, 4.69) is 12.2 Å². The summed E-state index contributed by atoms with van der Waals surface area (Å²) in [5.41, 5.74) is -0.187. The number of aliphatic carboxylic acids is 1. The second kappa shape index (κ2) is 6.46. The summed E-state index contributed by atoms with van der Waals surface area (Å²) in [5, 5.41) is 12.4. The number of rotatable bonds is 3. The predicted octanol–water partition coefficient (Wildman–Crippen LogP) is 2.90. The number of hydrogen-bond acceptors (Lipinski definition) is 3. The molecule has 0 aromatic rings. The fraction of sp³-hybridized carbons (Fsp3) is 0.867. The van der Waals surface area contributed by atoms with Gasteiger partial charge >= 0.3 is 12.0 Å². The van der Waals surface area contributed by atoms with Crippen molar-refractivity contribution >= 4 is 23.8 Å². The summed E-state index contributed by atoms with van der Waals surface area (Å²) < 4.78 is 0. The molecule has 1 aliphatic heterocycles. The van der Waals surface area contributed by atoms with Gasteiger partial charge in [-0.25, -0.2) is 9.59 Å². The van der Waals surface area contributed by atoms with Gasteiger partial charge in [-0.1, -0.05) is 33.1 Å². The van der Waals surface area contributed by atoms with Crippen molar-refractivity contribution < 1.29 is 14.7 Å². The molecule has 6 heteroatoms. The van der Waals surface area contributed by atoms with Gasteiger partial charge in [-0.2, -0.15) is 0 Å². The maximum atomic E-state index is 12.7. The largest absolute Gasteiger partial charge is 0.480 e. The summed E-state index contributed by atoms with van der Waals surface area (Å²) in [6.45, 7) is 6.14. The molecule has 1 saturated carbocycles. The molecule has 0 spiro atoms. The average molecular weight is 314 g/mol. The van der Waals surface area contributed by atoms with Crippen LogP contribution in [0.4, 0.5) is 4.79 Å². The fourth-order valence-corrected chi connectivity index (χ4v) is 4.74. The van der Waals surface area contributed by atoms with Crippen molar-refractivity contribution in [2.75, 3.05) is 5.75 Å². The van der Waals surface area contributed by atoms with E-state index in [0.717, 1.165) is 25.7 Å². The minimum Gasteiger partial charge on any atom is -0.480 e. The molecule has 1 aliphatic carbocycles. The van der Waals surface area contributed by atoms with E-state index in [4.69, 9.17) is 0 Å². The maximum Gasteiger partial charge on any atom is 0.327 e. The molecule has 2 atom stereocenters. The zero-order valence-electron chi connectivity index (χ0n) is 13.1. The molecule has 0 aromatic heterocycles. The molecule has 0 bridgehead atoms. The highest BCUT2D eigenvalue weighted by atomic mass is 32.2. The van der Waals surface area contributed by atoms with Crippen LogP contribution >= 0.6 is 11.8 Å². The number of amides is 2. The number of carbonyl (C=O) groups excluding carboxylic acids is 1. The van der Waals surface area contributed by atoms with Crippen molar-refractivity contribution in [3.8, 4) is 0 Å². The van der Waals surface area contributed by atoms with Gasteiger partial charge in [0.15, 0.2) is 0 Å². The minimum atomic E-state index is -0.908. The Labute approximate surface area is 130 Å². The van der Waals surface area contributed by atoms with Crippen molar-refractivity contribution in [1.29, 1.82) is 0 Å². The molecule has 1 heterocycles. The lowest BCUT2D eigenvalue weighted by Crippen LogP contribution is -2.57. The highest BCUT2D eigenvalue weighted by Crippen LogP contribution is 2.35. The van der Waals surface area contributed by atoms with E-state index in [0.29, 0.717) is 5.75 Å². The number of hydrogen-bond donors (Lipinski definition) is 2. The Bertz CT molecular complexity index is 408. The topological polar surface area (TPSA) is 69.6 Å². The Morgan fingerprint density at radius 1 is 1.29 bits per heavy atom. The van der Waals surface area contributed by atoms with Gasteiger partial charge < -0.3 is 10.4 Å². The van der Waals surface area contributed by atoms with Crippen LogP contribution in [0.15, 0.2) is 0 Å². The number of thioether (sulfide) groups is 1. The quantitative estimate of drug-likeness (QED) is 0.840. The molecule has 1 saturated heterocycles. The molecule has 0 aromatic carbocycles. The number of carbonyl (C=O) groups is 2. The Morgan fingerprint density at radius 3 is 2.43 bits per heavy atom. The van der Waals surface area contributed by atoms with E-state index in [-0.39, 0.29) is 22.9 Å². The van der Waals surface area contributed by atoms with Crippen molar-refractivity contribution in [3.63, 3.8) is 0 Å². The van der Waals surface area contributed by atoms with Crippen molar-refractivity contribution in [1.82, 2.24) is 10.2 Å². The Balaban J connectivity index is 2.11. The third-order valence-electron chi connectivity index (χ3n) is 4.49. The second-order valence-corrected chi connectivity index (χ2v) is 7.93. The lowest BCUT2D eigenvalue weighted by atomic mass is 9.83. The summed E-state index contributed by atoms with van der Waals surface area (Å²) in [6, 6.07) is -0.926. The van der Waals surface area contributed by atoms with Crippen LogP contribution in [0.2, 0.25) is 0 Å². The number of urea groups is 1. The highest BCUT2D eigenvalue weighted by Gasteiger charge is 2.44. The van der Waals surface area contributed by atoms with Gasteiger partial charge in [0, 0.05) is 11.3 Å². The normalized spacial score (nSPS) is 28.7. The molecule has 2 unspecified atom stereocenters. The molecular weight excluding hydrogens is 288 g/mol. The Morgan fingerprint density at radius 2 is 1.90 bits per heavy atom. The summed E-state index contributed by atoms with van der Waals surface area (Å²) in [7, 11) is 0. The third kappa shape index (κ3) is 3.65. The highest BCUT2D eigenvalue weighted by molar-refractivity contribution is 8.00. The zero-order valence-corrected chi connectivity index (χ0v) is 13.9. The lowest BCUT2D eigenvalue weighted by molar-refractivity contribution is -0.141. The van der Waals surface area contributed by atoms with E-state index in [1.165, 1.54) is 6.42 Å². The first kappa shape index (κ1) is 16.5. The maximum absolute atomic E-state index is 12.7. The molecule has 5 nitrogen and oxygen atoms in total. The number of carboxylic acids is 1. The summed E-state index contributed by atoms with van der Waals surface area (Å²) >= 11 is 1.57. The van der Waals surface area contributed by atoms with Crippen LogP contribution in [0.1, 0.15) is 52.9 Å². The Hall–Kier alpha value is -0.910. The van der Waals surface area contributed by atoms with Gasteiger partial charge in [0.2, 0.25) is 0 Å². The van der Waals surface area contributed by atoms with Crippen molar-refractivity contribution in [2.24, 2.45) is 5.92 Å². The van der Waals surface area contributed by atoms with E-state index >= 15 is 0 Å². The lowest BCUT2D eigenvalue weighted by Gasteiger charge is -2.38. The van der Waals surface area contributed by atoms with Crippen LogP contribution in [0.3, 0.4) is 0 Å². The van der Waals surface area contributed by atoms with Gasteiger partial charge in [-0.3, -0.25) is 4.90 Å². The molecule has 2 aliphatic rings. The second-order valence-electron chi connectivity index (χ2n) is 6.78. The smallest absolute Gasteiger partial charge is 0.327 e. The predicted molar refractivity (Wildman–Crippen MR) is 84.4 cm³/mol. The van der Waals surface area contributed by atoms with Gasteiger partial charge in [0.1, 0.15) is 6.04 Å². The van der Waals surface area contributed by atoms with Crippen LogP contribution in [-0.4, -0.2) is 44.7 Å². The number of nitrogens with zero attached hydrogens (tertiary/aromatic N) is 1.